The van der Waals surface area contributed by atoms with E-state index in [2.05, 4.69) is 14.6 Å². The average molecular weight is 551 g/mol. The highest BCUT2D eigenvalue weighted by atomic mass is 32.2. The minimum atomic E-state index is -1.41. The Kier molecular flexibility index (Phi) is 7.45. The molecule has 2 aliphatic rings. The lowest BCUT2D eigenvalue weighted by atomic mass is 9.64. The van der Waals surface area contributed by atoms with Crippen molar-refractivity contribution in [1.29, 1.82) is 0 Å². The number of nitrogens with zero attached hydrogens (tertiary/aromatic N) is 3. The largest absolute Gasteiger partial charge is 0.593 e. The van der Waals surface area contributed by atoms with Crippen LogP contribution in [0.3, 0.4) is 0 Å². The first-order chi connectivity index (χ1) is 18.7. The van der Waals surface area contributed by atoms with Crippen molar-refractivity contribution in [3.8, 4) is 16.9 Å². The fourth-order valence-corrected chi connectivity index (χ4v) is 6.11. The summed E-state index contributed by atoms with van der Waals surface area (Å²) in [6, 6.07) is 9.49. The van der Waals surface area contributed by atoms with Gasteiger partial charge in [-0.1, -0.05) is 12.5 Å². The van der Waals surface area contributed by atoms with Gasteiger partial charge in [0, 0.05) is 24.5 Å². The molecule has 1 aliphatic carbocycles. The lowest BCUT2D eigenvalue weighted by molar-refractivity contribution is -0.125. The van der Waals surface area contributed by atoms with Crippen molar-refractivity contribution >= 4 is 45.5 Å². The molecule has 1 saturated carbocycles. The van der Waals surface area contributed by atoms with E-state index in [-0.39, 0.29) is 11.5 Å². The molecule has 1 atom stereocenters. The fraction of sp³-hybridized carbons (Fsp3) is 0.414. The number of rotatable bonds is 9. The summed E-state index contributed by atoms with van der Waals surface area (Å²) in [5, 5.41) is 0.930. The topological polar surface area (TPSA) is 107 Å². The summed E-state index contributed by atoms with van der Waals surface area (Å²) in [4.78, 5) is 34.6. The molecule has 39 heavy (non-hydrogen) atoms. The van der Waals surface area contributed by atoms with Gasteiger partial charge in [0.15, 0.2) is 5.75 Å². The summed E-state index contributed by atoms with van der Waals surface area (Å²) in [6.07, 6.45) is 6.74. The first-order valence-electron chi connectivity index (χ1n) is 13.0. The van der Waals surface area contributed by atoms with Crippen LogP contribution in [0.1, 0.15) is 41.6 Å². The summed E-state index contributed by atoms with van der Waals surface area (Å²) >= 11 is -1.41. The van der Waals surface area contributed by atoms with E-state index in [1.807, 2.05) is 45.4 Å². The zero-order valence-electron chi connectivity index (χ0n) is 23.0. The average Bonchev–Trinajstić information content (AvgIpc) is 3.12. The van der Waals surface area contributed by atoms with E-state index in [1.54, 1.807) is 17.2 Å². The number of fused-ring (bicyclic) bond motifs is 4. The molecule has 1 fully saturated rings. The molecule has 2 heterocycles. The quantitative estimate of drug-likeness (QED) is 0.241. The number of benzene rings is 2. The molecule has 1 aromatic heterocycles. The van der Waals surface area contributed by atoms with E-state index < -0.39 is 22.7 Å². The number of amides is 1. The molecule has 1 spiro atoms. The van der Waals surface area contributed by atoms with Gasteiger partial charge < -0.3 is 23.8 Å². The second-order valence-corrected chi connectivity index (χ2v) is 11.6. The van der Waals surface area contributed by atoms with Crippen molar-refractivity contribution in [2.45, 2.75) is 31.1 Å². The lowest BCUT2D eigenvalue weighted by Gasteiger charge is -2.37. The third-order valence-electron chi connectivity index (χ3n) is 7.69. The predicted molar refractivity (Wildman–Crippen MR) is 154 cm³/mol. The Morgan fingerprint density at radius 1 is 1.23 bits per heavy atom. The van der Waals surface area contributed by atoms with Gasteiger partial charge in [-0.2, -0.15) is 0 Å². The van der Waals surface area contributed by atoms with Gasteiger partial charge in [0.25, 0.3) is 0 Å². The lowest BCUT2D eigenvalue weighted by Crippen LogP contribution is -2.43. The second-order valence-electron chi connectivity index (χ2n) is 10.5. The Morgan fingerprint density at radius 2 is 2.00 bits per heavy atom. The number of aromatic nitrogens is 1. The van der Waals surface area contributed by atoms with Crippen LogP contribution in [-0.2, 0) is 26.3 Å². The van der Waals surface area contributed by atoms with E-state index in [4.69, 9.17) is 9.47 Å². The monoisotopic (exact) mass is 550 g/mol. The number of carbonyl (C=O) groups is 2. The molecule has 1 N–H and O–H groups in total. The maximum absolute atomic E-state index is 13.2. The first kappa shape index (κ1) is 27.2. The Morgan fingerprint density at radius 3 is 2.64 bits per heavy atom. The van der Waals surface area contributed by atoms with Gasteiger partial charge >= 0.3 is 5.97 Å². The van der Waals surface area contributed by atoms with Gasteiger partial charge in [-0.3, -0.25) is 9.78 Å². The number of methoxy groups -OCH3 is 1. The smallest absolute Gasteiger partial charge is 0.341 e. The van der Waals surface area contributed by atoms with E-state index >= 15 is 0 Å². The van der Waals surface area contributed by atoms with Crippen LogP contribution in [0.15, 0.2) is 36.5 Å². The number of ether oxygens (including phenoxy) is 2. The summed E-state index contributed by atoms with van der Waals surface area (Å²) in [5.41, 5.74) is 4.47. The molecule has 0 radical (unpaired) electrons. The highest BCUT2D eigenvalue weighted by Crippen LogP contribution is 2.55. The Bertz CT molecular complexity index is 1440. The van der Waals surface area contributed by atoms with E-state index in [1.165, 1.54) is 13.4 Å². The summed E-state index contributed by atoms with van der Waals surface area (Å²) < 4.78 is 26.3. The second kappa shape index (κ2) is 10.7. The van der Waals surface area contributed by atoms with Crippen molar-refractivity contribution < 1.29 is 23.6 Å². The SMILES string of the molecule is COC(=O)c1cc(-c2ccc3ncc4c(c3c2)C2(CCC2)C(=O)N4C)cc(N[S+](C)[O-])c1OCCCN(C)C. The first-order valence-corrected chi connectivity index (χ1v) is 14.6. The molecule has 0 bridgehead atoms. The van der Waals surface area contributed by atoms with Crippen molar-refractivity contribution in [1.82, 2.24) is 9.88 Å². The zero-order chi connectivity index (χ0) is 27.9. The maximum atomic E-state index is 13.2. The van der Waals surface area contributed by atoms with E-state index in [0.717, 1.165) is 65.5 Å². The molecule has 1 amide bonds. The maximum Gasteiger partial charge on any atom is 0.341 e. The van der Waals surface area contributed by atoms with Crippen molar-refractivity contribution in [3.63, 3.8) is 0 Å². The molecule has 1 unspecified atom stereocenters. The van der Waals surface area contributed by atoms with Crippen LogP contribution in [0.4, 0.5) is 11.4 Å². The van der Waals surface area contributed by atoms with Crippen LogP contribution in [0.25, 0.3) is 22.0 Å². The van der Waals surface area contributed by atoms with Gasteiger partial charge in [0.1, 0.15) is 17.5 Å². The van der Waals surface area contributed by atoms with Crippen LogP contribution in [0.2, 0.25) is 0 Å². The highest BCUT2D eigenvalue weighted by Gasteiger charge is 2.54. The predicted octanol–water partition coefficient (Wildman–Crippen LogP) is 4.12. The number of anilines is 2. The molecule has 9 nitrogen and oxygen atoms in total. The van der Waals surface area contributed by atoms with Gasteiger partial charge in [-0.25, -0.2) is 9.52 Å². The number of esters is 1. The number of nitrogens with one attached hydrogen (secondary N) is 1. The van der Waals surface area contributed by atoms with Crippen LogP contribution in [0, 0.1) is 0 Å². The molecule has 2 aromatic carbocycles. The Balaban J connectivity index is 1.63. The standard InChI is InChI=1S/C29H34N4O5S/c1-32(2)12-7-13-38-26-21(27(34)37-4)15-19(16-23(26)31-39(5)36)18-8-9-22-20(14-18)25-24(17-30-22)33(3)28(35)29(25)10-6-11-29/h8-9,14-17,31H,6-7,10-13H2,1-5H3. The van der Waals surface area contributed by atoms with Crippen molar-refractivity contribution in [2.75, 3.05) is 57.3 Å². The van der Waals surface area contributed by atoms with Gasteiger partial charge in [0.05, 0.1) is 47.9 Å². The molecule has 0 saturated heterocycles. The Hall–Kier alpha value is -3.34. The van der Waals surface area contributed by atoms with Crippen LogP contribution in [-0.4, -0.2) is 74.0 Å². The number of carbonyl (C=O) groups excluding carboxylic acids is 2. The minimum Gasteiger partial charge on any atom is -0.593 e. The van der Waals surface area contributed by atoms with Gasteiger partial charge in [-0.05, 0) is 68.8 Å². The number of hydrogen-bond acceptors (Lipinski definition) is 8. The number of likely N-dealkylation sites (N-methyl/N-ethyl adjacent to an activating group) is 1. The molecule has 5 rings (SSSR count). The molecule has 3 aromatic rings. The van der Waals surface area contributed by atoms with Gasteiger partial charge in [0.2, 0.25) is 5.91 Å². The van der Waals surface area contributed by atoms with Crippen LogP contribution >= 0.6 is 0 Å². The van der Waals surface area contributed by atoms with Crippen LogP contribution < -0.4 is 14.4 Å². The summed E-state index contributed by atoms with van der Waals surface area (Å²) in [5.74, 6) is -0.110. The van der Waals surface area contributed by atoms with E-state index in [0.29, 0.717) is 18.0 Å². The van der Waals surface area contributed by atoms with Crippen molar-refractivity contribution in [2.24, 2.45) is 0 Å². The third kappa shape index (κ3) is 4.81. The normalized spacial score (nSPS) is 16.4. The number of pyridine rings is 1. The number of hydrogen-bond donors (Lipinski definition) is 1. The summed E-state index contributed by atoms with van der Waals surface area (Å²) in [6.45, 7) is 1.20. The molecule has 10 heteroatoms. The molecule has 206 valence electrons. The van der Waals surface area contributed by atoms with E-state index in [9.17, 15) is 14.1 Å². The fourth-order valence-electron chi connectivity index (χ4n) is 5.65. The highest BCUT2D eigenvalue weighted by molar-refractivity contribution is 7.92. The molecular formula is C29H34N4O5S. The Labute approximate surface area is 231 Å². The van der Waals surface area contributed by atoms with Gasteiger partial charge in [-0.15, -0.1) is 0 Å². The third-order valence-corrected chi connectivity index (χ3v) is 8.19. The molecule has 1 aliphatic heterocycles. The summed E-state index contributed by atoms with van der Waals surface area (Å²) in [7, 11) is 7.11. The van der Waals surface area contributed by atoms with Crippen molar-refractivity contribution in [3.05, 3.63) is 47.7 Å². The zero-order valence-corrected chi connectivity index (χ0v) is 23.8. The minimum absolute atomic E-state index is 0.129. The van der Waals surface area contributed by atoms with Crippen LogP contribution in [0.5, 0.6) is 5.75 Å². The molecular weight excluding hydrogens is 516 g/mol.